The zero-order valence-corrected chi connectivity index (χ0v) is 16.0. The van der Waals surface area contributed by atoms with E-state index in [0.29, 0.717) is 17.9 Å². The van der Waals surface area contributed by atoms with E-state index in [1.54, 1.807) is 12.1 Å². The molecule has 146 valence electrons. The lowest BCUT2D eigenvalue weighted by atomic mass is 10.1. The largest absolute Gasteiger partial charge is 0.468 e. The van der Waals surface area contributed by atoms with Crippen LogP contribution in [0, 0.1) is 0 Å². The number of hydrogen-bond donors (Lipinski definition) is 1. The molecule has 3 rings (SSSR count). The number of carbonyl (C=O) groups excluding carboxylic acids is 1. The molecule has 28 heavy (non-hydrogen) atoms. The van der Waals surface area contributed by atoms with Crippen molar-refractivity contribution in [1.29, 1.82) is 0 Å². The molecular formula is C21H21NO5S. The Morgan fingerprint density at radius 2 is 1.71 bits per heavy atom. The summed E-state index contributed by atoms with van der Waals surface area (Å²) in [5, 5.41) is 0. The number of esters is 1. The van der Waals surface area contributed by atoms with E-state index in [1.807, 2.05) is 30.3 Å². The van der Waals surface area contributed by atoms with E-state index in [-0.39, 0.29) is 11.4 Å². The van der Waals surface area contributed by atoms with E-state index >= 15 is 0 Å². The third kappa shape index (κ3) is 5.55. The molecule has 0 spiro atoms. The third-order valence-corrected chi connectivity index (χ3v) is 5.52. The van der Waals surface area contributed by atoms with Crippen LogP contribution in [0.2, 0.25) is 0 Å². The van der Waals surface area contributed by atoms with Crippen LogP contribution in [0.1, 0.15) is 28.1 Å². The zero-order chi connectivity index (χ0) is 19.8. The highest BCUT2D eigenvalue weighted by Crippen LogP contribution is 2.13. The summed E-state index contributed by atoms with van der Waals surface area (Å²) in [4.78, 5) is 12.2. The predicted octanol–water partition coefficient (Wildman–Crippen LogP) is 3.55. The van der Waals surface area contributed by atoms with E-state index in [1.165, 1.54) is 36.1 Å². The van der Waals surface area contributed by atoms with Crippen molar-refractivity contribution >= 4 is 16.0 Å². The molecule has 1 heterocycles. The third-order valence-electron chi connectivity index (χ3n) is 4.10. The molecule has 0 aliphatic carbocycles. The minimum absolute atomic E-state index is 0.0561. The van der Waals surface area contributed by atoms with Crippen LogP contribution in [0.25, 0.3) is 0 Å². The van der Waals surface area contributed by atoms with Gasteiger partial charge in [0.25, 0.3) is 0 Å². The summed E-state index contributed by atoms with van der Waals surface area (Å²) >= 11 is 0. The Bertz CT molecular complexity index is 981. The Labute approximate surface area is 164 Å². The second-order valence-corrected chi connectivity index (χ2v) is 7.92. The van der Waals surface area contributed by atoms with Gasteiger partial charge in [-0.2, -0.15) is 0 Å². The van der Waals surface area contributed by atoms with Crippen molar-refractivity contribution in [3.8, 4) is 0 Å². The van der Waals surface area contributed by atoms with Crippen LogP contribution in [-0.4, -0.2) is 21.0 Å². The lowest BCUT2D eigenvalue weighted by Crippen LogP contribution is -2.23. The van der Waals surface area contributed by atoms with Crippen molar-refractivity contribution in [3.63, 3.8) is 0 Å². The number of furan rings is 1. The van der Waals surface area contributed by atoms with Crippen molar-refractivity contribution in [3.05, 3.63) is 89.9 Å². The number of hydrogen-bond acceptors (Lipinski definition) is 5. The first-order chi connectivity index (χ1) is 13.5. The molecule has 2 aromatic carbocycles. The number of benzene rings is 2. The van der Waals surface area contributed by atoms with Gasteiger partial charge in [0.05, 0.1) is 29.9 Å². The smallest absolute Gasteiger partial charge is 0.338 e. The SMILES string of the molecule is O=C(OCCCc1ccccc1)c1ccc(S(=O)(=O)NCc2ccco2)cc1. The fraction of sp³-hybridized carbons (Fsp3) is 0.190. The summed E-state index contributed by atoms with van der Waals surface area (Å²) in [5.41, 5.74) is 1.50. The molecule has 3 aromatic rings. The highest BCUT2D eigenvalue weighted by Gasteiger charge is 2.15. The second kappa shape index (κ2) is 9.34. The van der Waals surface area contributed by atoms with Crippen LogP contribution in [-0.2, 0) is 27.7 Å². The van der Waals surface area contributed by atoms with Crippen molar-refractivity contribution in [2.45, 2.75) is 24.3 Å². The van der Waals surface area contributed by atoms with Gasteiger partial charge in [0.1, 0.15) is 5.76 Å². The molecule has 7 heteroatoms. The van der Waals surface area contributed by atoms with E-state index in [0.717, 1.165) is 12.8 Å². The molecule has 6 nitrogen and oxygen atoms in total. The molecule has 0 atom stereocenters. The lowest BCUT2D eigenvalue weighted by Gasteiger charge is -2.07. The van der Waals surface area contributed by atoms with E-state index in [2.05, 4.69) is 4.72 Å². The topological polar surface area (TPSA) is 85.6 Å². The van der Waals surface area contributed by atoms with Crippen molar-refractivity contribution in [2.24, 2.45) is 0 Å². The molecule has 0 aliphatic rings. The number of rotatable bonds is 9. The van der Waals surface area contributed by atoms with Gasteiger partial charge in [-0.1, -0.05) is 30.3 Å². The van der Waals surface area contributed by atoms with Gasteiger partial charge < -0.3 is 9.15 Å². The summed E-state index contributed by atoms with van der Waals surface area (Å²) < 4.78 is 37.4. The summed E-state index contributed by atoms with van der Waals surface area (Å²) in [6, 6.07) is 19.0. The molecule has 1 N–H and O–H groups in total. The minimum Gasteiger partial charge on any atom is -0.468 e. The molecular weight excluding hydrogens is 378 g/mol. The summed E-state index contributed by atoms with van der Waals surface area (Å²) in [6.07, 6.45) is 3.02. The molecule has 1 aromatic heterocycles. The van der Waals surface area contributed by atoms with Gasteiger partial charge in [-0.05, 0) is 54.8 Å². The number of nitrogens with one attached hydrogen (secondary N) is 1. The van der Waals surface area contributed by atoms with E-state index < -0.39 is 16.0 Å². The number of sulfonamides is 1. The van der Waals surface area contributed by atoms with Crippen molar-refractivity contribution in [1.82, 2.24) is 4.72 Å². The number of ether oxygens (including phenoxy) is 1. The Kier molecular flexibility index (Phi) is 6.62. The van der Waals surface area contributed by atoms with Gasteiger partial charge in [0, 0.05) is 0 Å². The first-order valence-corrected chi connectivity index (χ1v) is 10.4. The molecule has 0 aliphatic heterocycles. The fourth-order valence-electron chi connectivity index (χ4n) is 2.60. The molecule has 0 unspecified atom stereocenters. The number of aryl methyl sites for hydroxylation is 1. The average molecular weight is 399 g/mol. The van der Waals surface area contributed by atoms with Gasteiger partial charge in [0.2, 0.25) is 10.0 Å². The van der Waals surface area contributed by atoms with Crippen LogP contribution in [0.3, 0.4) is 0 Å². The second-order valence-electron chi connectivity index (χ2n) is 6.15. The van der Waals surface area contributed by atoms with Gasteiger partial charge in [-0.25, -0.2) is 17.9 Å². The van der Waals surface area contributed by atoms with Crippen LogP contribution in [0.15, 0.2) is 82.3 Å². The standard InChI is InChI=1S/C21H21NO5S/c23-21(27-15-4-8-17-6-2-1-3-7-17)18-10-12-20(13-11-18)28(24,25)22-16-19-9-5-14-26-19/h1-3,5-7,9-14,22H,4,8,15-16H2. The quantitative estimate of drug-likeness (QED) is 0.439. The maximum atomic E-state index is 12.3. The molecule has 0 saturated heterocycles. The summed E-state index contributed by atoms with van der Waals surface area (Å²) in [5.74, 6) is 0.0415. The average Bonchev–Trinajstić information content (AvgIpc) is 3.24. The van der Waals surface area contributed by atoms with Gasteiger partial charge in [-0.15, -0.1) is 0 Å². The van der Waals surface area contributed by atoms with Crippen LogP contribution >= 0.6 is 0 Å². The highest BCUT2D eigenvalue weighted by molar-refractivity contribution is 7.89. The lowest BCUT2D eigenvalue weighted by molar-refractivity contribution is 0.0500. The normalized spacial score (nSPS) is 11.3. The zero-order valence-electron chi connectivity index (χ0n) is 15.2. The first kappa shape index (κ1) is 19.9. The van der Waals surface area contributed by atoms with Gasteiger partial charge in [0.15, 0.2) is 0 Å². The fourth-order valence-corrected chi connectivity index (χ4v) is 3.60. The van der Waals surface area contributed by atoms with Gasteiger partial charge >= 0.3 is 5.97 Å². The van der Waals surface area contributed by atoms with Crippen LogP contribution in [0.5, 0.6) is 0 Å². The maximum absolute atomic E-state index is 12.3. The van der Waals surface area contributed by atoms with Crippen molar-refractivity contribution < 1.29 is 22.4 Å². The Morgan fingerprint density at radius 1 is 0.964 bits per heavy atom. The molecule has 0 saturated carbocycles. The first-order valence-electron chi connectivity index (χ1n) is 8.88. The number of carbonyl (C=O) groups is 1. The molecule has 0 radical (unpaired) electrons. The predicted molar refractivity (Wildman–Crippen MR) is 104 cm³/mol. The Balaban J connectivity index is 1.49. The molecule has 0 fully saturated rings. The summed E-state index contributed by atoms with van der Waals surface area (Å²) in [7, 11) is -3.69. The van der Waals surface area contributed by atoms with E-state index in [9.17, 15) is 13.2 Å². The van der Waals surface area contributed by atoms with E-state index in [4.69, 9.17) is 9.15 Å². The minimum atomic E-state index is -3.69. The monoisotopic (exact) mass is 399 g/mol. The van der Waals surface area contributed by atoms with Crippen LogP contribution < -0.4 is 4.72 Å². The highest BCUT2D eigenvalue weighted by atomic mass is 32.2. The van der Waals surface area contributed by atoms with Crippen molar-refractivity contribution in [2.75, 3.05) is 6.61 Å². The van der Waals surface area contributed by atoms with Crippen LogP contribution in [0.4, 0.5) is 0 Å². The van der Waals surface area contributed by atoms with Gasteiger partial charge in [-0.3, -0.25) is 0 Å². The Hall–Kier alpha value is -2.90. The molecule has 0 bridgehead atoms. The summed E-state index contributed by atoms with van der Waals surface area (Å²) in [6.45, 7) is 0.360. The molecule has 0 amide bonds. The maximum Gasteiger partial charge on any atom is 0.338 e. The Morgan fingerprint density at radius 3 is 2.39 bits per heavy atom.